The summed E-state index contributed by atoms with van der Waals surface area (Å²) in [5, 5.41) is 0. The van der Waals surface area contributed by atoms with Gasteiger partial charge in [-0.2, -0.15) is 35.9 Å². The van der Waals surface area contributed by atoms with Gasteiger partial charge in [0.15, 0.2) is 0 Å². The van der Waals surface area contributed by atoms with E-state index < -0.39 is 0 Å². The van der Waals surface area contributed by atoms with Crippen molar-refractivity contribution in [2.24, 2.45) is 0 Å². The van der Waals surface area contributed by atoms with Gasteiger partial charge in [-0.15, -0.1) is 24.3 Å². The minimum absolute atomic E-state index is 0. The molecular weight excluding hydrogens is 399 g/mol. The van der Waals surface area contributed by atoms with Crippen LogP contribution in [-0.4, -0.2) is 9.97 Å². The van der Waals surface area contributed by atoms with E-state index in [1.807, 2.05) is 66.7 Å². The van der Waals surface area contributed by atoms with Gasteiger partial charge in [0.2, 0.25) is 0 Å². The fourth-order valence-electron chi connectivity index (χ4n) is 2.70. The van der Waals surface area contributed by atoms with E-state index in [-0.39, 0.29) is 21.9 Å². The summed E-state index contributed by atoms with van der Waals surface area (Å²) in [4.78, 5) is 8.66. The zero-order chi connectivity index (χ0) is 19.8. The van der Waals surface area contributed by atoms with Crippen molar-refractivity contribution in [2.75, 3.05) is 0 Å². The minimum atomic E-state index is 0. The SMILES string of the molecule is CC(C)(C)c1cc[c-]cc1.[Ni+2].[c-]1c(-c2ccccn2)cccc1-c1ccccn1. The third kappa shape index (κ3) is 6.66. The van der Waals surface area contributed by atoms with Gasteiger partial charge >= 0.3 is 16.5 Å². The maximum absolute atomic E-state index is 4.33. The van der Waals surface area contributed by atoms with E-state index in [4.69, 9.17) is 0 Å². The molecule has 0 atom stereocenters. The molecule has 3 heteroatoms. The standard InChI is InChI=1S/C16H11N2.C10H13.Ni/c1-3-10-17-15(8-1)13-6-5-7-14(12-13)16-9-2-4-11-18-16;1-10(2,3)9-7-5-4-6-8-9;/h1-11H;5-8H,1-3H3;/q2*-1;+2. The Morgan fingerprint density at radius 2 is 1.17 bits per heavy atom. The quantitative estimate of drug-likeness (QED) is 0.276. The summed E-state index contributed by atoms with van der Waals surface area (Å²) < 4.78 is 0. The Kier molecular flexibility index (Phi) is 8.30. The molecule has 2 aromatic carbocycles. The summed E-state index contributed by atoms with van der Waals surface area (Å²) in [5.41, 5.74) is 5.46. The molecule has 0 saturated carbocycles. The average Bonchev–Trinajstić information content (AvgIpc) is 2.76. The molecule has 0 saturated heterocycles. The van der Waals surface area contributed by atoms with Crippen LogP contribution in [0.2, 0.25) is 0 Å². The van der Waals surface area contributed by atoms with Crippen molar-refractivity contribution < 1.29 is 16.5 Å². The van der Waals surface area contributed by atoms with Crippen molar-refractivity contribution in [2.45, 2.75) is 26.2 Å². The first-order valence-corrected chi connectivity index (χ1v) is 9.36. The van der Waals surface area contributed by atoms with Gasteiger partial charge in [-0.25, -0.2) is 0 Å². The van der Waals surface area contributed by atoms with Crippen LogP contribution in [0.5, 0.6) is 0 Å². The molecule has 4 rings (SSSR count). The second-order valence-electron chi connectivity index (χ2n) is 7.45. The molecule has 0 spiro atoms. The molecule has 0 N–H and O–H groups in total. The normalized spacial score (nSPS) is 10.3. The van der Waals surface area contributed by atoms with Gasteiger partial charge in [0.1, 0.15) is 0 Å². The van der Waals surface area contributed by atoms with E-state index in [0.717, 1.165) is 22.5 Å². The summed E-state index contributed by atoms with van der Waals surface area (Å²) in [7, 11) is 0. The molecule has 0 aliphatic heterocycles. The molecule has 0 radical (unpaired) electrons. The van der Waals surface area contributed by atoms with Crippen LogP contribution in [0.15, 0.2) is 91.3 Å². The van der Waals surface area contributed by atoms with E-state index in [1.165, 1.54) is 5.56 Å². The molecule has 2 heterocycles. The molecule has 2 aromatic heterocycles. The van der Waals surface area contributed by atoms with Gasteiger partial charge in [-0.3, -0.25) is 9.97 Å². The monoisotopic (exact) mass is 422 g/mol. The minimum Gasteiger partial charge on any atom is -0.295 e. The molecule has 0 bridgehead atoms. The third-order valence-electron chi connectivity index (χ3n) is 4.26. The maximum atomic E-state index is 4.33. The molecule has 4 aromatic rings. The second-order valence-corrected chi connectivity index (χ2v) is 7.45. The average molecular weight is 423 g/mol. The molecule has 29 heavy (non-hydrogen) atoms. The fraction of sp³-hybridized carbons (Fsp3) is 0.154. The van der Waals surface area contributed by atoms with Crippen molar-refractivity contribution in [3.63, 3.8) is 0 Å². The van der Waals surface area contributed by atoms with Gasteiger partial charge in [0.05, 0.1) is 0 Å². The molecule has 2 nitrogen and oxygen atoms in total. The Labute approximate surface area is 184 Å². The summed E-state index contributed by atoms with van der Waals surface area (Å²) in [5.74, 6) is 0. The molecule has 148 valence electrons. The van der Waals surface area contributed by atoms with Crippen LogP contribution in [0.25, 0.3) is 22.5 Å². The molecule has 0 unspecified atom stereocenters. The molecule has 0 fully saturated rings. The number of hydrogen-bond acceptors (Lipinski definition) is 2. The zero-order valence-electron chi connectivity index (χ0n) is 16.9. The van der Waals surface area contributed by atoms with Crippen LogP contribution in [0.4, 0.5) is 0 Å². The van der Waals surface area contributed by atoms with Gasteiger partial charge in [0.25, 0.3) is 0 Å². The van der Waals surface area contributed by atoms with Crippen LogP contribution < -0.4 is 0 Å². The predicted molar refractivity (Wildman–Crippen MR) is 116 cm³/mol. The zero-order valence-corrected chi connectivity index (χ0v) is 17.9. The van der Waals surface area contributed by atoms with Crippen LogP contribution >= 0.6 is 0 Å². The van der Waals surface area contributed by atoms with Crippen LogP contribution in [-0.2, 0) is 21.9 Å². The van der Waals surface area contributed by atoms with Crippen molar-refractivity contribution in [1.82, 2.24) is 9.97 Å². The Bertz CT molecular complexity index is 924. The Morgan fingerprint density at radius 3 is 1.55 bits per heavy atom. The van der Waals surface area contributed by atoms with Crippen molar-refractivity contribution in [3.05, 3.63) is 109 Å². The largest absolute Gasteiger partial charge is 2.00 e. The Morgan fingerprint density at radius 1 is 0.655 bits per heavy atom. The summed E-state index contributed by atoms with van der Waals surface area (Å²) in [6, 6.07) is 32.2. The summed E-state index contributed by atoms with van der Waals surface area (Å²) >= 11 is 0. The number of aromatic nitrogens is 2. The second kappa shape index (κ2) is 10.7. The van der Waals surface area contributed by atoms with Gasteiger partial charge < -0.3 is 0 Å². The Balaban J connectivity index is 0.000000234. The smallest absolute Gasteiger partial charge is 0.295 e. The molecule has 0 amide bonds. The van der Waals surface area contributed by atoms with E-state index in [9.17, 15) is 0 Å². The van der Waals surface area contributed by atoms with E-state index in [2.05, 4.69) is 55.0 Å². The van der Waals surface area contributed by atoms with Crippen molar-refractivity contribution in [1.29, 1.82) is 0 Å². The molecule has 0 aliphatic carbocycles. The van der Waals surface area contributed by atoms with Crippen LogP contribution in [0.1, 0.15) is 26.3 Å². The summed E-state index contributed by atoms with van der Waals surface area (Å²) in [6.45, 7) is 6.63. The Hall–Kier alpha value is -2.77. The third-order valence-corrected chi connectivity index (χ3v) is 4.26. The number of rotatable bonds is 2. The van der Waals surface area contributed by atoms with Gasteiger partial charge in [-0.05, 0) is 17.5 Å². The predicted octanol–water partition coefficient (Wildman–Crippen LogP) is 6.39. The number of hydrogen-bond donors (Lipinski definition) is 0. The number of pyridine rings is 2. The van der Waals surface area contributed by atoms with Crippen molar-refractivity contribution in [3.8, 4) is 22.5 Å². The maximum Gasteiger partial charge on any atom is 2.00 e. The topological polar surface area (TPSA) is 25.8 Å². The molecular formula is C26H24N2Ni. The number of nitrogens with zero attached hydrogens (tertiary/aromatic N) is 2. The van der Waals surface area contributed by atoms with Crippen molar-refractivity contribution >= 4 is 0 Å². The first kappa shape index (κ1) is 22.5. The first-order chi connectivity index (χ1) is 13.5. The van der Waals surface area contributed by atoms with Crippen LogP contribution in [0.3, 0.4) is 0 Å². The van der Waals surface area contributed by atoms with E-state index in [0.29, 0.717) is 0 Å². The summed E-state index contributed by atoms with van der Waals surface area (Å²) in [6.07, 6.45) is 3.58. The number of benzene rings is 2. The van der Waals surface area contributed by atoms with E-state index in [1.54, 1.807) is 12.4 Å². The van der Waals surface area contributed by atoms with E-state index >= 15 is 0 Å². The van der Waals surface area contributed by atoms with Crippen LogP contribution in [0, 0.1) is 12.1 Å². The molecule has 0 aliphatic rings. The van der Waals surface area contributed by atoms with Gasteiger partial charge in [-0.1, -0.05) is 56.2 Å². The van der Waals surface area contributed by atoms with Gasteiger partial charge in [0, 0.05) is 23.8 Å². The first-order valence-electron chi connectivity index (χ1n) is 9.36. The fourth-order valence-corrected chi connectivity index (χ4v) is 2.70.